The molecule has 0 aromatic carbocycles. The van der Waals surface area contributed by atoms with Crippen molar-refractivity contribution in [1.29, 1.82) is 0 Å². The fourth-order valence-electron chi connectivity index (χ4n) is 1.33. The molecule has 0 atom stereocenters. The summed E-state index contributed by atoms with van der Waals surface area (Å²) in [5, 5.41) is 22.5. The molecule has 0 fully saturated rings. The molecule has 0 saturated heterocycles. The predicted octanol–water partition coefficient (Wildman–Crippen LogP) is -1.46. The summed E-state index contributed by atoms with van der Waals surface area (Å²) in [5.41, 5.74) is 0.165. The van der Waals surface area contributed by atoms with E-state index in [1.807, 2.05) is 0 Å². The third-order valence-corrected chi connectivity index (χ3v) is 2.13. The van der Waals surface area contributed by atoms with E-state index in [2.05, 4.69) is 41.1 Å². The van der Waals surface area contributed by atoms with Crippen molar-refractivity contribution in [2.24, 2.45) is 0 Å². The second kappa shape index (κ2) is 3.66. The number of anilines is 1. The number of fused-ring (bicyclic) bond motifs is 1. The topological polar surface area (TPSA) is 130 Å². The molecule has 17 heavy (non-hydrogen) atoms. The number of hydrogen-bond donors (Lipinski definition) is 3. The van der Waals surface area contributed by atoms with Crippen LogP contribution in [0.25, 0.3) is 5.65 Å². The van der Waals surface area contributed by atoms with Gasteiger partial charge < -0.3 is 5.32 Å². The molecule has 0 unspecified atom stereocenters. The summed E-state index contributed by atoms with van der Waals surface area (Å²) in [7, 11) is 0. The lowest BCUT2D eigenvalue weighted by Crippen LogP contribution is -2.10. The van der Waals surface area contributed by atoms with Gasteiger partial charge in [0.2, 0.25) is 0 Å². The molecule has 3 heterocycles. The van der Waals surface area contributed by atoms with Gasteiger partial charge in [-0.25, -0.2) is 19.3 Å². The van der Waals surface area contributed by atoms with Crippen molar-refractivity contribution >= 4 is 11.5 Å². The van der Waals surface area contributed by atoms with Crippen molar-refractivity contribution in [3.63, 3.8) is 0 Å². The summed E-state index contributed by atoms with van der Waals surface area (Å²) in [6.07, 6.45) is 1.39. The number of nitrogens with one attached hydrogen (secondary N) is 3. The second-order valence-corrected chi connectivity index (χ2v) is 3.21. The Labute approximate surface area is 93.1 Å². The van der Waals surface area contributed by atoms with Gasteiger partial charge in [-0.2, -0.15) is 10.3 Å². The summed E-state index contributed by atoms with van der Waals surface area (Å²) in [6.45, 7) is 0.383. The fourth-order valence-corrected chi connectivity index (χ4v) is 1.33. The van der Waals surface area contributed by atoms with Crippen LogP contribution in [0.2, 0.25) is 0 Å². The largest absolute Gasteiger partial charge is 0.362 e. The summed E-state index contributed by atoms with van der Waals surface area (Å²) in [4.78, 5) is 15.2. The maximum Gasteiger partial charge on any atom is 0.348 e. The van der Waals surface area contributed by atoms with Crippen LogP contribution in [0.1, 0.15) is 5.82 Å². The van der Waals surface area contributed by atoms with E-state index in [-0.39, 0.29) is 5.69 Å². The molecule has 10 heteroatoms. The molecule has 3 rings (SSSR count). The minimum absolute atomic E-state index is 0.322. The van der Waals surface area contributed by atoms with Gasteiger partial charge in [-0.3, -0.25) is 0 Å². The molecular formula is C7H7N9O. The molecule has 0 bridgehead atoms. The van der Waals surface area contributed by atoms with E-state index in [1.165, 1.54) is 10.7 Å². The molecular weight excluding hydrogens is 226 g/mol. The highest BCUT2D eigenvalue weighted by atomic mass is 16.1. The Balaban J connectivity index is 1.83. The van der Waals surface area contributed by atoms with Crippen LogP contribution < -0.4 is 11.0 Å². The Bertz CT molecular complexity index is 681. The first-order valence-electron chi connectivity index (χ1n) is 4.72. The average molecular weight is 233 g/mol. The quantitative estimate of drug-likeness (QED) is 0.504. The Morgan fingerprint density at radius 3 is 3.18 bits per heavy atom. The van der Waals surface area contributed by atoms with E-state index in [1.54, 1.807) is 6.07 Å². The molecule has 3 aromatic rings. The molecule has 86 valence electrons. The van der Waals surface area contributed by atoms with Crippen molar-refractivity contribution in [3.05, 3.63) is 28.7 Å². The lowest BCUT2D eigenvalue weighted by atomic mass is 10.5. The zero-order valence-electron chi connectivity index (χ0n) is 8.45. The lowest BCUT2D eigenvalue weighted by Gasteiger charge is -2.01. The van der Waals surface area contributed by atoms with Gasteiger partial charge in [-0.1, -0.05) is 5.21 Å². The third kappa shape index (κ3) is 1.71. The van der Waals surface area contributed by atoms with Gasteiger partial charge in [0.1, 0.15) is 12.1 Å². The van der Waals surface area contributed by atoms with Crippen LogP contribution in [0.5, 0.6) is 0 Å². The van der Waals surface area contributed by atoms with Gasteiger partial charge in [0.15, 0.2) is 11.5 Å². The third-order valence-electron chi connectivity index (χ3n) is 2.13. The standard InChI is InChI=1S/C7H7N9O/c17-7-13-12-6-1-4(9-3-16(6)7)8-2-5-10-14-15-11-5/h1,3,8H,2H2,(H,13,17)(H,10,11,14,15). The highest BCUT2D eigenvalue weighted by Crippen LogP contribution is 2.04. The van der Waals surface area contributed by atoms with Crippen molar-refractivity contribution in [2.75, 3.05) is 5.32 Å². The zero-order valence-corrected chi connectivity index (χ0v) is 8.45. The van der Waals surface area contributed by atoms with Gasteiger partial charge >= 0.3 is 5.69 Å². The second-order valence-electron chi connectivity index (χ2n) is 3.21. The number of hydrogen-bond acceptors (Lipinski definition) is 7. The molecule has 0 saturated carbocycles. The molecule has 0 spiro atoms. The normalized spacial score (nSPS) is 10.8. The fraction of sp³-hybridized carbons (Fsp3) is 0.143. The summed E-state index contributed by atoms with van der Waals surface area (Å²) >= 11 is 0. The first-order chi connectivity index (χ1) is 8.33. The van der Waals surface area contributed by atoms with E-state index < -0.39 is 0 Å². The van der Waals surface area contributed by atoms with Crippen molar-refractivity contribution in [3.8, 4) is 0 Å². The van der Waals surface area contributed by atoms with Gasteiger partial charge in [0, 0.05) is 6.07 Å². The number of rotatable bonds is 3. The smallest absolute Gasteiger partial charge is 0.348 e. The Kier molecular flexibility index (Phi) is 2.03. The van der Waals surface area contributed by atoms with Gasteiger partial charge in [-0.05, 0) is 0 Å². The van der Waals surface area contributed by atoms with E-state index in [4.69, 9.17) is 0 Å². The maximum atomic E-state index is 11.2. The Hall–Kier alpha value is -2.78. The van der Waals surface area contributed by atoms with Crippen LogP contribution >= 0.6 is 0 Å². The minimum Gasteiger partial charge on any atom is -0.362 e. The molecule has 0 amide bonds. The van der Waals surface area contributed by atoms with Crippen LogP contribution in [0.15, 0.2) is 17.2 Å². The van der Waals surface area contributed by atoms with Crippen molar-refractivity contribution in [2.45, 2.75) is 6.54 Å². The van der Waals surface area contributed by atoms with Gasteiger partial charge in [0.05, 0.1) is 6.54 Å². The van der Waals surface area contributed by atoms with Crippen LogP contribution in [-0.4, -0.2) is 40.2 Å². The highest BCUT2D eigenvalue weighted by molar-refractivity contribution is 5.48. The molecule has 0 aliphatic rings. The number of H-pyrrole nitrogens is 2. The predicted molar refractivity (Wildman–Crippen MR) is 55.1 cm³/mol. The van der Waals surface area contributed by atoms with E-state index in [0.717, 1.165) is 0 Å². The monoisotopic (exact) mass is 233 g/mol. The molecule has 0 aliphatic carbocycles. The number of nitrogens with zero attached hydrogens (tertiary/aromatic N) is 6. The Morgan fingerprint density at radius 2 is 2.35 bits per heavy atom. The highest BCUT2D eigenvalue weighted by Gasteiger charge is 2.03. The van der Waals surface area contributed by atoms with Crippen molar-refractivity contribution in [1.82, 2.24) is 40.2 Å². The van der Waals surface area contributed by atoms with Gasteiger partial charge in [0.25, 0.3) is 0 Å². The van der Waals surface area contributed by atoms with E-state index in [9.17, 15) is 4.79 Å². The molecule has 3 aromatic heterocycles. The van der Waals surface area contributed by atoms with E-state index >= 15 is 0 Å². The van der Waals surface area contributed by atoms with Gasteiger partial charge in [-0.15, -0.1) is 10.2 Å². The summed E-state index contributed by atoms with van der Waals surface area (Å²) < 4.78 is 1.31. The SMILES string of the molecule is O=c1[nH]nc2cc(NCc3nn[nH]n3)ncn12. The van der Waals surface area contributed by atoms with Crippen LogP contribution in [-0.2, 0) is 6.54 Å². The lowest BCUT2D eigenvalue weighted by molar-refractivity contribution is 0.881. The molecule has 10 nitrogen and oxygen atoms in total. The number of aromatic nitrogens is 8. The summed E-state index contributed by atoms with van der Waals surface area (Å²) in [5.74, 6) is 1.09. The van der Waals surface area contributed by atoms with Crippen LogP contribution in [0.3, 0.4) is 0 Å². The summed E-state index contributed by atoms with van der Waals surface area (Å²) in [6, 6.07) is 1.64. The molecule has 0 aliphatic heterocycles. The average Bonchev–Trinajstić information content (AvgIpc) is 2.97. The minimum atomic E-state index is -0.322. The van der Waals surface area contributed by atoms with Crippen LogP contribution in [0, 0.1) is 0 Å². The number of tetrazole rings is 1. The van der Waals surface area contributed by atoms with E-state index in [0.29, 0.717) is 23.8 Å². The Morgan fingerprint density at radius 1 is 1.41 bits per heavy atom. The molecule has 0 radical (unpaired) electrons. The maximum absolute atomic E-state index is 11.2. The first kappa shape index (κ1) is 9.45. The molecule has 3 N–H and O–H groups in total. The van der Waals surface area contributed by atoms with Crippen molar-refractivity contribution < 1.29 is 0 Å². The zero-order chi connectivity index (χ0) is 11.7. The first-order valence-corrected chi connectivity index (χ1v) is 4.72. The van der Waals surface area contributed by atoms with Crippen LogP contribution in [0.4, 0.5) is 5.82 Å². The number of aromatic amines is 2.